The molecule has 5 aliphatic rings. The quantitative estimate of drug-likeness (QED) is 0.113. The monoisotopic (exact) mass is 931 g/mol. The number of aromatic hydroxyl groups is 1. The van der Waals surface area contributed by atoms with Crippen LogP contribution in [0.2, 0.25) is 0 Å². The fourth-order valence-electron chi connectivity index (χ4n) is 9.86. The molecule has 3 heterocycles. The van der Waals surface area contributed by atoms with Crippen LogP contribution in [0.25, 0.3) is 0 Å². The second kappa shape index (κ2) is 24.5. The number of phenols is 1. The number of fused-ring (bicyclic) bond motifs is 1. The van der Waals surface area contributed by atoms with Crippen LogP contribution in [-0.4, -0.2) is 152 Å². The number of hydrogen-bond donors (Lipinski definition) is 4. The summed E-state index contributed by atoms with van der Waals surface area (Å²) in [6.07, 6.45) is 8.38. The summed E-state index contributed by atoms with van der Waals surface area (Å²) in [6, 6.07) is 12.5. The van der Waals surface area contributed by atoms with Crippen LogP contribution in [0.15, 0.2) is 36.4 Å². The zero-order valence-electron chi connectivity index (χ0n) is 38.2. The Morgan fingerprint density at radius 1 is 0.955 bits per heavy atom. The van der Waals surface area contributed by atoms with E-state index < -0.39 is 12.1 Å². The summed E-state index contributed by atoms with van der Waals surface area (Å²) in [7, 11) is 1.77. The van der Waals surface area contributed by atoms with Crippen LogP contribution in [-0.2, 0) is 52.8 Å². The highest BCUT2D eigenvalue weighted by Crippen LogP contribution is 2.39. The summed E-state index contributed by atoms with van der Waals surface area (Å²) >= 11 is 0. The molecule has 2 saturated heterocycles. The number of aliphatic carboxylic acids is 1. The molecular formula is C48H68F3N5O10. The number of amides is 3. The number of likely N-dealkylation sites (tertiary alicyclic amines) is 1. The molecule has 0 radical (unpaired) electrons. The lowest BCUT2D eigenvalue weighted by molar-refractivity contribution is -0.192. The average Bonchev–Trinajstić information content (AvgIpc) is 3.31. The van der Waals surface area contributed by atoms with Crippen LogP contribution in [0.1, 0.15) is 93.7 Å². The molecule has 3 amide bonds. The minimum Gasteiger partial charge on any atom is -0.506 e. The number of ether oxygens (including phenoxy) is 4. The van der Waals surface area contributed by atoms with E-state index in [0.29, 0.717) is 88.8 Å². The van der Waals surface area contributed by atoms with Crippen LogP contribution in [0.3, 0.4) is 0 Å². The number of carboxylic acids is 1. The van der Waals surface area contributed by atoms with Crippen LogP contribution in [0.4, 0.5) is 18.9 Å². The van der Waals surface area contributed by atoms with E-state index in [1.807, 2.05) is 6.07 Å². The third-order valence-corrected chi connectivity index (χ3v) is 13.6. The molecule has 1 spiro atoms. The van der Waals surface area contributed by atoms with Gasteiger partial charge in [0.1, 0.15) is 11.4 Å². The van der Waals surface area contributed by atoms with E-state index >= 15 is 0 Å². The van der Waals surface area contributed by atoms with Crippen LogP contribution in [0, 0.1) is 5.92 Å². The molecule has 2 aromatic carbocycles. The lowest BCUT2D eigenvalue weighted by Gasteiger charge is -2.48. The number of piperidine rings is 1. The van der Waals surface area contributed by atoms with Crippen molar-refractivity contribution < 1.29 is 61.5 Å². The van der Waals surface area contributed by atoms with Gasteiger partial charge in [-0.25, -0.2) is 4.79 Å². The number of nitrogens with one attached hydrogen (secondary N) is 2. The Kier molecular flexibility index (Phi) is 18.9. The summed E-state index contributed by atoms with van der Waals surface area (Å²) in [5.41, 5.74) is 3.56. The minimum absolute atomic E-state index is 0.00238. The lowest BCUT2D eigenvalue weighted by atomic mass is 9.85. The molecule has 2 aromatic rings. The number of carbonyl (C=O) groups excluding carboxylic acids is 3. The molecule has 18 heteroatoms. The molecule has 2 aliphatic carbocycles. The van der Waals surface area contributed by atoms with Crippen molar-refractivity contribution in [3.05, 3.63) is 53.1 Å². The minimum atomic E-state index is -5.08. The Morgan fingerprint density at radius 3 is 2.39 bits per heavy atom. The maximum Gasteiger partial charge on any atom is 0.490 e. The van der Waals surface area contributed by atoms with Gasteiger partial charge in [0.15, 0.2) is 12.4 Å². The summed E-state index contributed by atoms with van der Waals surface area (Å²) in [6.45, 7) is 7.77. The average molecular weight is 932 g/mol. The number of anilines is 1. The smallest absolute Gasteiger partial charge is 0.490 e. The van der Waals surface area contributed by atoms with Gasteiger partial charge in [-0.15, -0.1) is 0 Å². The third kappa shape index (κ3) is 14.8. The highest BCUT2D eigenvalue weighted by molar-refractivity contribution is 5.97. The van der Waals surface area contributed by atoms with Crippen molar-refractivity contribution >= 4 is 29.4 Å². The van der Waals surface area contributed by atoms with Crippen molar-refractivity contribution in [2.45, 2.75) is 120 Å². The normalized spacial score (nSPS) is 21.2. The highest BCUT2D eigenvalue weighted by atomic mass is 19.4. The highest BCUT2D eigenvalue weighted by Gasteiger charge is 2.42. The van der Waals surface area contributed by atoms with E-state index in [1.54, 1.807) is 13.2 Å². The van der Waals surface area contributed by atoms with Gasteiger partial charge in [-0.1, -0.05) is 49.6 Å². The second-order valence-corrected chi connectivity index (χ2v) is 18.2. The van der Waals surface area contributed by atoms with E-state index in [2.05, 4.69) is 49.6 Å². The van der Waals surface area contributed by atoms with Crippen molar-refractivity contribution in [2.75, 3.05) is 84.7 Å². The number of morpholine rings is 1. The maximum absolute atomic E-state index is 13.6. The molecule has 0 bridgehead atoms. The van der Waals surface area contributed by atoms with Crippen molar-refractivity contribution in [1.29, 1.82) is 0 Å². The first kappa shape index (κ1) is 50.9. The fraction of sp³-hybridized carbons (Fsp3) is 0.667. The number of benzene rings is 2. The Labute approximate surface area is 385 Å². The van der Waals surface area contributed by atoms with Crippen molar-refractivity contribution in [2.24, 2.45) is 5.92 Å². The number of hydrogen-bond acceptors (Lipinski definition) is 11. The fourth-order valence-corrected chi connectivity index (χ4v) is 9.86. The largest absolute Gasteiger partial charge is 0.506 e. The van der Waals surface area contributed by atoms with Gasteiger partial charge in [0, 0.05) is 64.9 Å². The Morgan fingerprint density at radius 2 is 1.68 bits per heavy atom. The van der Waals surface area contributed by atoms with Gasteiger partial charge in [-0.05, 0) is 93.5 Å². The lowest BCUT2D eigenvalue weighted by Crippen LogP contribution is -2.58. The summed E-state index contributed by atoms with van der Waals surface area (Å²) in [5.74, 6) is -1.91. The first-order valence-electron chi connectivity index (χ1n) is 23.6. The molecule has 3 aliphatic heterocycles. The second-order valence-electron chi connectivity index (χ2n) is 18.2. The number of carbonyl (C=O) groups is 4. The van der Waals surface area contributed by atoms with E-state index in [-0.39, 0.29) is 41.7 Å². The van der Waals surface area contributed by atoms with Gasteiger partial charge in [-0.3, -0.25) is 19.3 Å². The molecule has 15 nitrogen and oxygen atoms in total. The van der Waals surface area contributed by atoms with E-state index in [4.69, 9.17) is 28.8 Å². The van der Waals surface area contributed by atoms with Crippen LogP contribution >= 0.6 is 0 Å². The van der Waals surface area contributed by atoms with Crippen molar-refractivity contribution in [3.8, 4) is 11.5 Å². The molecule has 0 aromatic heterocycles. The summed E-state index contributed by atoms with van der Waals surface area (Å²) < 4.78 is 55.3. The SMILES string of the molecule is COC1CCC(C(=O)N2CCOC3(CCN(Cc4cccc(CCOCCC(=O)N(CCNCCc5ccc(O)c6c5OCC(=O)N6)C5CCCCC5)c4)CC3)C2)CC1.O=C(O)C(F)(F)F. The number of rotatable bonds is 17. The third-order valence-electron chi connectivity index (χ3n) is 13.6. The van der Waals surface area contributed by atoms with Gasteiger partial charge in [0.05, 0.1) is 37.9 Å². The van der Waals surface area contributed by atoms with Gasteiger partial charge < -0.3 is 49.6 Å². The van der Waals surface area contributed by atoms with Gasteiger partial charge >= 0.3 is 12.1 Å². The summed E-state index contributed by atoms with van der Waals surface area (Å²) in [5, 5.41) is 23.5. The molecule has 0 unspecified atom stereocenters. The molecule has 0 atom stereocenters. The van der Waals surface area contributed by atoms with Gasteiger partial charge in [0.25, 0.3) is 5.91 Å². The van der Waals surface area contributed by atoms with Crippen molar-refractivity contribution in [1.82, 2.24) is 20.0 Å². The van der Waals surface area contributed by atoms with Gasteiger partial charge in [-0.2, -0.15) is 13.2 Å². The number of halogens is 3. The van der Waals surface area contributed by atoms with Crippen LogP contribution in [0.5, 0.6) is 11.5 Å². The molecular weight excluding hydrogens is 864 g/mol. The van der Waals surface area contributed by atoms with E-state index in [9.17, 15) is 32.7 Å². The predicted octanol–water partition coefficient (Wildman–Crippen LogP) is 5.70. The number of alkyl halides is 3. The van der Waals surface area contributed by atoms with Gasteiger partial charge in [0.2, 0.25) is 11.8 Å². The molecule has 4 N–H and O–H groups in total. The number of nitrogens with zero attached hydrogens (tertiary/aromatic N) is 3. The molecule has 2 saturated carbocycles. The topological polar surface area (TPSA) is 179 Å². The number of phenolic OH excluding ortho intramolecular Hbond substituents is 1. The molecule has 7 rings (SSSR count). The predicted molar refractivity (Wildman–Crippen MR) is 239 cm³/mol. The van der Waals surface area contributed by atoms with Crippen LogP contribution < -0.4 is 15.4 Å². The Hall–Kier alpha value is -4.49. The zero-order chi connectivity index (χ0) is 47.1. The zero-order valence-corrected chi connectivity index (χ0v) is 38.2. The molecule has 366 valence electrons. The number of methoxy groups -OCH3 is 1. The first-order valence-corrected chi connectivity index (χ1v) is 23.6. The Bertz CT molecular complexity index is 1920. The van der Waals surface area contributed by atoms with Crippen molar-refractivity contribution in [3.63, 3.8) is 0 Å². The molecule has 4 fully saturated rings. The Balaban J connectivity index is 0.000000952. The standard InChI is InChI=1S/C46H67N5O8.C2HF3O2/c1-56-39-13-10-37(11-14-39)45(55)50-26-29-59-46(33-50)19-23-49(24-20-46)31-35-7-5-6-34(30-35)17-27-57-28-18-42(54)51(38-8-3-2-4-9-38)25-22-47-21-16-36-12-15-40(52)43-44(36)58-32-41(53)48-43;3-2(4,5)1(6)7/h5-7,12,15,30,37-39,47,52H,2-4,8-11,13-14,16-29,31-33H2,1H3,(H,48,53);(H,6,7). The van der Waals surface area contributed by atoms with E-state index in [0.717, 1.165) is 95.8 Å². The maximum atomic E-state index is 13.6. The first-order chi connectivity index (χ1) is 31.7. The number of carboxylic acid groups (broad SMARTS) is 1. The summed E-state index contributed by atoms with van der Waals surface area (Å²) in [4.78, 5) is 54.3. The van der Waals surface area contributed by atoms with E-state index in [1.165, 1.54) is 17.5 Å². The molecule has 66 heavy (non-hydrogen) atoms.